The van der Waals surface area contributed by atoms with Gasteiger partial charge >= 0.3 is 5.97 Å². The van der Waals surface area contributed by atoms with Crippen LogP contribution in [0.25, 0.3) is 0 Å². The van der Waals surface area contributed by atoms with Gasteiger partial charge in [0, 0.05) is 31.1 Å². The maximum Gasteiger partial charge on any atom is 0.364 e. The van der Waals surface area contributed by atoms with E-state index < -0.39 is 11.7 Å². The summed E-state index contributed by atoms with van der Waals surface area (Å²) in [6.07, 6.45) is 3.45. The number of carbonyl (C=O) groups excluding carboxylic acids is 1. The van der Waals surface area contributed by atoms with Crippen molar-refractivity contribution in [1.29, 1.82) is 0 Å². The third kappa shape index (κ3) is 3.38. The Bertz CT molecular complexity index is 618. The van der Waals surface area contributed by atoms with E-state index in [1.165, 1.54) is 12.4 Å². The molecular formula is C17H20N2O4. The average molecular weight is 316 g/mol. The highest BCUT2D eigenvalue weighted by Gasteiger charge is 2.37. The SMILES string of the molecule is O=C=C(Nc1ccc(N2CCC3(CCOC3)CC2)cc1)C(=O)O. The Morgan fingerprint density at radius 3 is 2.43 bits per heavy atom. The molecule has 0 amide bonds. The lowest BCUT2D eigenvalue weighted by atomic mass is 9.78. The van der Waals surface area contributed by atoms with Crippen molar-refractivity contribution in [2.75, 3.05) is 36.5 Å². The fourth-order valence-corrected chi connectivity index (χ4v) is 3.31. The van der Waals surface area contributed by atoms with Crippen LogP contribution < -0.4 is 10.2 Å². The number of carboxylic acids is 1. The molecule has 6 heteroatoms. The lowest BCUT2D eigenvalue weighted by Crippen LogP contribution is -2.40. The molecule has 0 bridgehead atoms. The smallest absolute Gasteiger partial charge is 0.364 e. The second-order valence-electron chi connectivity index (χ2n) is 6.24. The number of benzene rings is 1. The van der Waals surface area contributed by atoms with Crippen molar-refractivity contribution in [2.24, 2.45) is 5.41 Å². The highest BCUT2D eigenvalue weighted by Crippen LogP contribution is 2.40. The van der Waals surface area contributed by atoms with E-state index in [4.69, 9.17) is 9.84 Å². The molecule has 122 valence electrons. The van der Waals surface area contributed by atoms with Crippen LogP contribution in [-0.2, 0) is 14.3 Å². The Morgan fingerprint density at radius 1 is 1.22 bits per heavy atom. The Hall–Kier alpha value is -2.30. The van der Waals surface area contributed by atoms with E-state index in [-0.39, 0.29) is 0 Å². The van der Waals surface area contributed by atoms with Crippen LogP contribution in [-0.4, -0.2) is 43.3 Å². The van der Waals surface area contributed by atoms with E-state index in [0.29, 0.717) is 11.1 Å². The molecule has 1 aromatic carbocycles. The third-order valence-electron chi connectivity index (χ3n) is 4.83. The van der Waals surface area contributed by atoms with Crippen LogP contribution in [0.3, 0.4) is 0 Å². The number of hydrogen-bond acceptors (Lipinski definition) is 5. The van der Waals surface area contributed by atoms with Gasteiger partial charge in [0.2, 0.25) is 5.70 Å². The zero-order chi connectivity index (χ0) is 16.3. The molecule has 2 aliphatic rings. The summed E-state index contributed by atoms with van der Waals surface area (Å²) < 4.78 is 5.55. The van der Waals surface area contributed by atoms with E-state index in [9.17, 15) is 9.59 Å². The van der Waals surface area contributed by atoms with E-state index in [1.54, 1.807) is 12.1 Å². The molecule has 0 unspecified atom stereocenters. The van der Waals surface area contributed by atoms with Crippen LogP contribution in [0.1, 0.15) is 19.3 Å². The monoisotopic (exact) mass is 316 g/mol. The minimum atomic E-state index is -1.32. The molecule has 2 saturated heterocycles. The van der Waals surface area contributed by atoms with Crippen LogP contribution in [0.5, 0.6) is 0 Å². The van der Waals surface area contributed by atoms with Gasteiger partial charge in [-0.15, -0.1) is 0 Å². The molecule has 0 aliphatic carbocycles. The van der Waals surface area contributed by atoms with Crippen molar-refractivity contribution in [3.8, 4) is 0 Å². The summed E-state index contributed by atoms with van der Waals surface area (Å²) in [4.78, 5) is 23.7. The van der Waals surface area contributed by atoms with Crippen molar-refractivity contribution in [3.63, 3.8) is 0 Å². The zero-order valence-electron chi connectivity index (χ0n) is 12.9. The molecule has 2 fully saturated rings. The molecular weight excluding hydrogens is 296 g/mol. The van der Waals surface area contributed by atoms with Gasteiger partial charge in [-0.25, -0.2) is 9.59 Å². The largest absolute Gasteiger partial charge is 0.476 e. The second kappa shape index (κ2) is 6.44. The van der Waals surface area contributed by atoms with Crippen molar-refractivity contribution in [2.45, 2.75) is 19.3 Å². The molecule has 2 heterocycles. The van der Waals surface area contributed by atoms with Crippen LogP contribution in [0, 0.1) is 5.41 Å². The molecule has 0 radical (unpaired) electrons. The molecule has 0 aromatic heterocycles. The number of rotatable bonds is 4. The van der Waals surface area contributed by atoms with Gasteiger partial charge in [-0.3, -0.25) is 0 Å². The highest BCUT2D eigenvalue weighted by atomic mass is 16.5. The van der Waals surface area contributed by atoms with Gasteiger partial charge in [-0.05, 0) is 48.9 Å². The van der Waals surface area contributed by atoms with Crippen LogP contribution in [0.4, 0.5) is 11.4 Å². The van der Waals surface area contributed by atoms with Crippen molar-refractivity contribution < 1.29 is 19.4 Å². The van der Waals surface area contributed by atoms with Gasteiger partial charge < -0.3 is 20.1 Å². The zero-order valence-corrected chi connectivity index (χ0v) is 12.9. The summed E-state index contributed by atoms with van der Waals surface area (Å²) in [5.41, 5.74) is 1.56. The fourth-order valence-electron chi connectivity index (χ4n) is 3.31. The predicted octanol–water partition coefficient (Wildman–Crippen LogP) is 1.91. The number of ether oxygens (including phenoxy) is 1. The van der Waals surface area contributed by atoms with Gasteiger partial charge in [-0.2, -0.15) is 0 Å². The normalized spacial score (nSPS) is 19.4. The summed E-state index contributed by atoms with van der Waals surface area (Å²) in [6.45, 7) is 3.78. The molecule has 2 N–H and O–H groups in total. The summed E-state index contributed by atoms with van der Waals surface area (Å²) in [5.74, 6) is 0.0740. The standard InChI is InChI=1S/C17H20N2O4/c20-11-15(16(21)22)18-13-1-3-14(4-2-13)19-8-5-17(6-9-19)7-10-23-12-17/h1-4,18H,5-10,12H2,(H,21,22). The van der Waals surface area contributed by atoms with E-state index >= 15 is 0 Å². The first-order valence-electron chi connectivity index (χ1n) is 7.80. The van der Waals surface area contributed by atoms with Gasteiger partial charge in [0.1, 0.15) is 0 Å². The molecule has 6 nitrogen and oxygen atoms in total. The number of carboxylic acid groups (broad SMARTS) is 1. The van der Waals surface area contributed by atoms with Gasteiger partial charge in [0.05, 0.1) is 6.61 Å². The first kappa shape index (κ1) is 15.6. The highest BCUT2D eigenvalue weighted by molar-refractivity contribution is 5.98. The Morgan fingerprint density at radius 2 is 1.91 bits per heavy atom. The molecule has 2 aliphatic heterocycles. The number of nitrogens with zero attached hydrogens (tertiary/aromatic N) is 1. The minimum absolute atomic E-state index is 0.378. The van der Waals surface area contributed by atoms with Crippen molar-refractivity contribution >= 4 is 23.3 Å². The molecule has 23 heavy (non-hydrogen) atoms. The van der Waals surface area contributed by atoms with E-state index in [2.05, 4.69) is 10.2 Å². The Labute approximate surface area is 134 Å². The molecule has 1 spiro atoms. The van der Waals surface area contributed by atoms with Crippen molar-refractivity contribution in [3.05, 3.63) is 30.0 Å². The summed E-state index contributed by atoms with van der Waals surface area (Å²) in [7, 11) is 0. The molecule has 0 atom stereocenters. The topological polar surface area (TPSA) is 78.9 Å². The minimum Gasteiger partial charge on any atom is -0.476 e. The number of nitrogens with one attached hydrogen (secondary N) is 1. The fraction of sp³-hybridized carbons (Fsp3) is 0.471. The van der Waals surface area contributed by atoms with Crippen molar-refractivity contribution in [1.82, 2.24) is 0 Å². The Kier molecular flexibility index (Phi) is 4.37. The van der Waals surface area contributed by atoms with Crippen LogP contribution >= 0.6 is 0 Å². The maximum atomic E-state index is 10.8. The van der Waals surface area contributed by atoms with E-state index in [1.807, 2.05) is 12.1 Å². The van der Waals surface area contributed by atoms with Gasteiger partial charge in [0.15, 0.2) is 5.94 Å². The number of anilines is 2. The average Bonchev–Trinajstić information content (AvgIpc) is 3.02. The molecule has 1 aromatic rings. The lowest BCUT2D eigenvalue weighted by molar-refractivity contribution is -0.132. The predicted molar refractivity (Wildman–Crippen MR) is 86.2 cm³/mol. The summed E-state index contributed by atoms with van der Waals surface area (Å²) in [6, 6.07) is 7.43. The third-order valence-corrected chi connectivity index (χ3v) is 4.83. The summed E-state index contributed by atoms with van der Waals surface area (Å²) in [5, 5.41) is 11.4. The second-order valence-corrected chi connectivity index (χ2v) is 6.24. The molecule has 0 saturated carbocycles. The van der Waals surface area contributed by atoms with Crippen LogP contribution in [0.2, 0.25) is 0 Å². The number of aliphatic carboxylic acids is 1. The summed E-state index contributed by atoms with van der Waals surface area (Å²) >= 11 is 0. The number of carbonyl (C=O) groups is 1. The lowest BCUT2D eigenvalue weighted by Gasteiger charge is -2.39. The van der Waals surface area contributed by atoms with Gasteiger partial charge in [-0.1, -0.05) is 0 Å². The first-order chi connectivity index (χ1) is 11.1. The quantitative estimate of drug-likeness (QED) is 0.652. The van der Waals surface area contributed by atoms with Gasteiger partial charge in [0.25, 0.3) is 0 Å². The van der Waals surface area contributed by atoms with E-state index in [0.717, 1.165) is 44.8 Å². The van der Waals surface area contributed by atoms with Crippen LogP contribution in [0.15, 0.2) is 30.0 Å². The first-order valence-corrected chi connectivity index (χ1v) is 7.80. The number of piperidine rings is 1. The molecule has 3 rings (SSSR count). The number of hydrogen-bond donors (Lipinski definition) is 2. The Balaban J connectivity index is 1.62. The maximum absolute atomic E-state index is 10.8.